The van der Waals surface area contributed by atoms with Gasteiger partial charge in [0, 0.05) is 12.8 Å². The van der Waals surface area contributed by atoms with Crippen molar-refractivity contribution in [2.24, 2.45) is 0 Å². The minimum atomic E-state index is -1.64. The molecular weight excluding hydrogens is 263 g/mol. The molecule has 110 valence electrons. The van der Waals surface area contributed by atoms with Gasteiger partial charge in [-0.1, -0.05) is 12.1 Å². The van der Waals surface area contributed by atoms with Gasteiger partial charge in [0.15, 0.2) is 5.60 Å². The average molecular weight is 282 g/mol. The molecular formula is C15H19FO4. The Kier molecular flexibility index (Phi) is 5.00. The number of hydrogen-bond donors (Lipinski definition) is 1. The van der Waals surface area contributed by atoms with Crippen LogP contribution < -0.4 is 0 Å². The van der Waals surface area contributed by atoms with Crippen molar-refractivity contribution in [3.63, 3.8) is 0 Å². The van der Waals surface area contributed by atoms with Gasteiger partial charge in [-0.25, -0.2) is 9.18 Å². The van der Waals surface area contributed by atoms with Crippen molar-refractivity contribution in [2.75, 3.05) is 0 Å². The first-order chi connectivity index (χ1) is 9.18. The molecule has 0 fully saturated rings. The zero-order chi connectivity index (χ0) is 15.4. The molecule has 1 aromatic carbocycles. The number of carboxylic acid groups (broad SMARTS) is 1. The predicted octanol–water partition coefficient (Wildman–Crippen LogP) is 2.60. The fourth-order valence-corrected chi connectivity index (χ4v) is 2.01. The predicted molar refractivity (Wildman–Crippen MR) is 72.0 cm³/mol. The molecule has 1 aromatic rings. The van der Waals surface area contributed by atoms with E-state index in [9.17, 15) is 19.1 Å². The van der Waals surface area contributed by atoms with E-state index in [1.54, 1.807) is 20.8 Å². The molecule has 1 N–H and O–H groups in total. The maximum Gasteiger partial charge on any atom is 0.336 e. The van der Waals surface area contributed by atoms with E-state index in [1.807, 2.05) is 0 Å². The van der Waals surface area contributed by atoms with Crippen LogP contribution in [0, 0.1) is 5.82 Å². The van der Waals surface area contributed by atoms with Gasteiger partial charge in [0.1, 0.15) is 12.1 Å². The summed E-state index contributed by atoms with van der Waals surface area (Å²) in [6.45, 7) is 5.17. The Bertz CT molecular complexity index is 476. The molecule has 0 saturated carbocycles. The van der Waals surface area contributed by atoms with Gasteiger partial charge in [-0.15, -0.1) is 0 Å². The van der Waals surface area contributed by atoms with Gasteiger partial charge in [-0.3, -0.25) is 0 Å². The number of aldehydes is 1. The van der Waals surface area contributed by atoms with E-state index in [1.165, 1.54) is 24.3 Å². The highest BCUT2D eigenvalue weighted by molar-refractivity contribution is 5.81. The molecule has 5 heteroatoms. The first-order valence-electron chi connectivity index (χ1n) is 6.30. The summed E-state index contributed by atoms with van der Waals surface area (Å²) in [4.78, 5) is 22.5. The molecule has 20 heavy (non-hydrogen) atoms. The molecule has 0 heterocycles. The fourth-order valence-electron chi connectivity index (χ4n) is 2.01. The molecule has 4 nitrogen and oxygen atoms in total. The van der Waals surface area contributed by atoms with Crippen molar-refractivity contribution in [1.29, 1.82) is 0 Å². The highest BCUT2D eigenvalue weighted by atomic mass is 19.1. The zero-order valence-corrected chi connectivity index (χ0v) is 11.9. The van der Waals surface area contributed by atoms with Crippen LogP contribution in [-0.4, -0.2) is 28.6 Å². The van der Waals surface area contributed by atoms with Gasteiger partial charge < -0.3 is 14.6 Å². The Hall–Kier alpha value is -1.75. The van der Waals surface area contributed by atoms with E-state index < -0.39 is 23.0 Å². The quantitative estimate of drug-likeness (QED) is 0.815. The van der Waals surface area contributed by atoms with Crippen molar-refractivity contribution in [2.45, 2.75) is 44.8 Å². The van der Waals surface area contributed by atoms with E-state index in [4.69, 9.17) is 4.74 Å². The highest BCUT2D eigenvalue weighted by Crippen LogP contribution is 2.28. The topological polar surface area (TPSA) is 63.6 Å². The van der Waals surface area contributed by atoms with Crippen LogP contribution in [0.5, 0.6) is 0 Å². The molecule has 0 bridgehead atoms. The number of ether oxygens (including phenoxy) is 1. The summed E-state index contributed by atoms with van der Waals surface area (Å²) in [6.07, 6.45) is 0.263. The molecule has 1 rings (SSSR count). The number of carboxylic acids is 1. The van der Waals surface area contributed by atoms with E-state index in [0.29, 0.717) is 11.8 Å². The lowest BCUT2D eigenvalue weighted by molar-refractivity contribution is -0.186. The van der Waals surface area contributed by atoms with Crippen LogP contribution >= 0.6 is 0 Å². The monoisotopic (exact) mass is 282 g/mol. The van der Waals surface area contributed by atoms with Crippen molar-refractivity contribution in [1.82, 2.24) is 0 Å². The van der Waals surface area contributed by atoms with Crippen LogP contribution in [0.3, 0.4) is 0 Å². The molecule has 0 saturated heterocycles. The van der Waals surface area contributed by atoms with Gasteiger partial charge in [0.2, 0.25) is 0 Å². The van der Waals surface area contributed by atoms with Gasteiger partial charge >= 0.3 is 5.97 Å². The third kappa shape index (κ3) is 4.42. The van der Waals surface area contributed by atoms with Gasteiger partial charge in [-0.05, 0) is 38.5 Å². The van der Waals surface area contributed by atoms with Crippen molar-refractivity contribution < 1.29 is 23.8 Å². The summed E-state index contributed by atoms with van der Waals surface area (Å²) in [5, 5.41) is 9.48. The number of halogens is 1. The van der Waals surface area contributed by atoms with E-state index in [-0.39, 0.29) is 12.8 Å². The van der Waals surface area contributed by atoms with E-state index >= 15 is 0 Å². The van der Waals surface area contributed by atoms with Gasteiger partial charge in [0.05, 0.1) is 5.60 Å². The van der Waals surface area contributed by atoms with Crippen LogP contribution in [0.4, 0.5) is 4.39 Å². The largest absolute Gasteiger partial charge is 0.479 e. The zero-order valence-electron chi connectivity index (χ0n) is 11.9. The Balaban J connectivity index is 3.11. The molecule has 0 aliphatic rings. The van der Waals surface area contributed by atoms with Crippen molar-refractivity contribution in [3.8, 4) is 0 Å². The number of hydrogen-bond acceptors (Lipinski definition) is 3. The minimum absolute atomic E-state index is 0.00137. The maximum absolute atomic E-state index is 12.9. The van der Waals surface area contributed by atoms with Gasteiger partial charge in [0.25, 0.3) is 0 Å². The Labute approximate surface area is 117 Å². The second-order valence-electron chi connectivity index (χ2n) is 5.69. The molecule has 1 atom stereocenters. The number of carbonyl (C=O) groups excluding carboxylic acids is 1. The number of rotatable bonds is 6. The lowest BCUT2D eigenvalue weighted by Gasteiger charge is -2.35. The fraction of sp³-hybridized carbons (Fsp3) is 0.467. The lowest BCUT2D eigenvalue weighted by Crippen LogP contribution is -2.49. The van der Waals surface area contributed by atoms with E-state index in [0.717, 1.165) is 0 Å². The molecule has 0 aromatic heterocycles. The average Bonchev–Trinajstić information content (AvgIpc) is 2.30. The first kappa shape index (κ1) is 16.3. The Morgan fingerprint density at radius 1 is 1.30 bits per heavy atom. The maximum atomic E-state index is 12.9. The van der Waals surface area contributed by atoms with Crippen LogP contribution in [0.15, 0.2) is 24.3 Å². The second-order valence-corrected chi connectivity index (χ2v) is 5.69. The summed E-state index contributed by atoms with van der Waals surface area (Å²) >= 11 is 0. The lowest BCUT2D eigenvalue weighted by atomic mass is 9.90. The third-order valence-electron chi connectivity index (χ3n) is 2.71. The Morgan fingerprint density at radius 3 is 2.25 bits per heavy atom. The van der Waals surface area contributed by atoms with Crippen molar-refractivity contribution in [3.05, 3.63) is 35.6 Å². The van der Waals surface area contributed by atoms with Crippen LogP contribution in [0.2, 0.25) is 0 Å². The molecule has 0 aliphatic carbocycles. The van der Waals surface area contributed by atoms with Crippen LogP contribution in [0.1, 0.15) is 32.8 Å². The normalized spacial score (nSPS) is 14.6. The van der Waals surface area contributed by atoms with E-state index in [2.05, 4.69) is 0 Å². The van der Waals surface area contributed by atoms with Crippen molar-refractivity contribution >= 4 is 12.3 Å². The highest BCUT2D eigenvalue weighted by Gasteiger charge is 2.42. The SMILES string of the molecule is CC(C)(C)OC(CC=O)(Cc1ccc(F)cc1)C(=O)O. The smallest absolute Gasteiger partial charge is 0.336 e. The first-order valence-corrected chi connectivity index (χ1v) is 6.30. The summed E-state index contributed by atoms with van der Waals surface area (Å²) < 4.78 is 18.5. The molecule has 0 radical (unpaired) electrons. The number of carbonyl (C=O) groups is 2. The second kappa shape index (κ2) is 6.13. The van der Waals surface area contributed by atoms with Gasteiger partial charge in [-0.2, -0.15) is 0 Å². The molecule has 0 aliphatic heterocycles. The summed E-state index contributed by atoms with van der Waals surface area (Å²) in [6, 6.07) is 5.48. The molecule has 0 spiro atoms. The van der Waals surface area contributed by atoms with Crippen LogP contribution in [0.25, 0.3) is 0 Å². The minimum Gasteiger partial charge on any atom is -0.479 e. The summed E-state index contributed by atoms with van der Waals surface area (Å²) in [5.41, 5.74) is -1.76. The number of benzene rings is 1. The third-order valence-corrected chi connectivity index (χ3v) is 2.71. The number of aliphatic carboxylic acids is 1. The molecule has 0 amide bonds. The van der Waals surface area contributed by atoms with Crippen LogP contribution in [-0.2, 0) is 20.7 Å². The Morgan fingerprint density at radius 2 is 1.85 bits per heavy atom. The molecule has 1 unspecified atom stereocenters. The summed E-state index contributed by atoms with van der Waals surface area (Å²) in [5.74, 6) is -1.61. The summed E-state index contributed by atoms with van der Waals surface area (Å²) in [7, 11) is 0. The standard InChI is InChI=1S/C15H19FO4/c1-14(2,3)20-15(8-9-17,13(18)19)10-11-4-6-12(16)7-5-11/h4-7,9H,8,10H2,1-3H3,(H,18,19).